The fourth-order valence-electron chi connectivity index (χ4n) is 2.52. The third kappa shape index (κ3) is 2.18. The van der Waals surface area contributed by atoms with Gasteiger partial charge in [-0.2, -0.15) is 5.10 Å². The molecule has 5 nitrogen and oxygen atoms in total. The average molecular weight is 246 g/mol. The second-order valence-corrected chi connectivity index (χ2v) is 5.38. The van der Waals surface area contributed by atoms with Gasteiger partial charge in [0.05, 0.1) is 11.8 Å². The molecule has 3 rings (SSSR count). The zero-order chi connectivity index (χ0) is 12.6. The van der Waals surface area contributed by atoms with Crippen molar-refractivity contribution in [2.24, 2.45) is 0 Å². The molecule has 3 heterocycles. The summed E-state index contributed by atoms with van der Waals surface area (Å²) >= 11 is 0. The Morgan fingerprint density at radius 3 is 3.17 bits per heavy atom. The minimum Gasteiger partial charge on any atom is -0.375 e. The van der Waals surface area contributed by atoms with Crippen molar-refractivity contribution in [2.45, 2.75) is 38.3 Å². The third-order valence-corrected chi connectivity index (χ3v) is 3.36. The van der Waals surface area contributed by atoms with Crippen LogP contribution in [0.5, 0.6) is 0 Å². The summed E-state index contributed by atoms with van der Waals surface area (Å²) in [6.45, 7) is 5.06. The van der Waals surface area contributed by atoms with Gasteiger partial charge in [-0.15, -0.1) is 0 Å². The molecular weight excluding hydrogens is 228 g/mol. The van der Waals surface area contributed by atoms with Crippen molar-refractivity contribution in [3.8, 4) is 0 Å². The van der Waals surface area contributed by atoms with Gasteiger partial charge in [0.1, 0.15) is 5.52 Å². The minimum absolute atomic E-state index is 0.0543. The van der Waals surface area contributed by atoms with Gasteiger partial charge in [-0.25, -0.2) is 9.50 Å². The molecule has 1 aliphatic heterocycles. The number of hydrogen-bond donors (Lipinski definition) is 1. The Morgan fingerprint density at radius 2 is 2.33 bits per heavy atom. The first-order chi connectivity index (χ1) is 8.64. The number of anilines is 1. The van der Waals surface area contributed by atoms with E-state index in [2.05, 4.69) is 29.2 Å². The standard InChI is InChI=1S/C13H18N4O/c1-13(2)9-10(4-8-18-13)16-12-11-3-5-15-17(11)7-6-14-12/h3,5-7,10H,4,8-9H2,1-2H3,(H,14,16). The summed E-state index contributed by atoms with van der Waals surface area (Å²) < 4.78 is 7.56. The number of nitrogens with zero attached hydrogens (tertiary/aromatic N) is 3. The van der Waals surface area contributed by atoms with Crippen molar-refractivity contribution in [1.82, 2.24) is 14.6 Å². The lowest BCUT2D eigenvalue weighted by Crippen LogP contribution is -2.40. The molecule has 1 N–H and O–H groups in total. The molecule has 0 aromatic carbocycles. The Morgan fingerprint density at radius 1 is 1.44 bits per heavy atom. The Labute approximate surface area is 106 Å². The van der Waals surface area contributed by atoms with E-state index in [1.807, 2.05) is 16.8 Å². The fraction of sp³-hybridized carbons (Fsp3) is 0.538. The van der Waals surface area contributed by atoms with Gasteiger partial charge in [0.2, 0.25) is 0 Å². The summed E-state index contributed by atoms with van der Waals surface area (Å²) in [5, 5.41) is 7.73. The van der Waals surface area contributed by atoms with Gasteiger partial charge in [0.25, 0.3) is 0 Å². The lowest BCUT2D eigenvalue weighted by atomic mass is 9.94. The number of ether oxygens (including phenoxy) is 1. The van der Waals surface area contributed by atoms with Gasteiger partial charge < -0.3 is 10.1 Å². The van der Waals surface area contributed by atoms with Crippen molar-refractivity contribution in [3.63, 3.8) is 0 Å². The molecule has 2 aromatic heterocycles. The molecule has 1 atom stereocenters. The van der Waals surface area contributed by atoms with Crippen LogP contribution in [-0.2, 0) is 4.74 Å². The molecule has 1 fully saturated rings. The Bertz CT molecular complexity index is 549. The number of hydrogen-bond acceptors (Lipinski definition) is 4. The van der Waals surface area contributed by atoms with Gasteiger partial charge in [-0.3, -0.25) is 0 Å². The average Bonchev–Trinajstić information content (AvgIpc) is 2.77. The van der Waals surface area contributed by atoms with Crippen molar-refractivity contribution in [1.29, 1.82) is 0 Å². The summed E-state index contributed by atoms with van der Waals surface area (Å²) in [6, 6.07) is 2.38. The normalized spacial score (nSPS) is 23.1. The quantitative estimate of drug-likeness (QED) is 0.881. The molecule has 0 spiro atoms. The zero-order valence-corrected chi connectivity index (χ0v) is 10.8. The summed E-state index contributed by atoms with van der Waals surface area (Å²) in [4.78, 5) is 4.41. The van der Waals surface area contributed by atoms with Gasteiger partial charge >= 0.3 is 0 Å². The molecule has 96 valence electrons. The summed E-state index contributed by atoms with van der Waals surface area (Å²) in [6.07, 6.45) is 7.42. The van der Waals surface area contributed by atoms with E-state index in [1.54, 1.807) is 12.4 Å². The molecule has 18 heavy (non-hydrogen) atoms. The van der Waals surface area contributed by atoms with Crippen LogP contribution in [0.2, 0.25) is 0 Å². The smallest absolute Gasteiger partial charge is 0.152 e. The van der Waals surface area contributed by atoms with E-state index in [9.17, 15) is 0 Å². The molecule has 2 aromatic rings. The van der Waals surface area contributed by atoms with Gasteiger partial charge in [-0.1, -0.05) is 0 Å². The minimum atomic E-state index is -0.0543. The summed E-state index contributed by atoms with van der Waals surface area (Å²) in [5.74, 6) is 0.901. The van der Waals surface area contributed by atoms with E-state index < -0.39 is 0 Å². The van der Waals surface area contributed by atoms with Gasteiger partial charge in [-0.05, 0) is 32.8 Å². The van der Waals surface area contributed by atoms with E-state index in [-0.39, 0.29) is 5.60 Å². The number of rotatable bonds is 2. The maximum atomic E-state index is 5.73. The number of aromatic nitrogens is 3. The Balaban J connectivity index is 1.82. The molecule has 1 aliphatic rings. The molecule has 0 saturated carbocycles. The lowest BCUT2D eigenvalue weighted by molar-refractivity contribution is -0.0553. The highest BCUT2D eigenvalue weighted by atomic mass is 16.5. The van der Waals surface area contributed by atoms with E-state index >= 15 is 0 Å². The largest absolute Gasteiger partial charge is 0.375 e. The predicted octanol–water partition coefficient (Wildman–Crippen LogP) is 2.10. The van der Waals surface area contributed by atoms with Crippen molar-refractivity contribution < 1.29 is 4.74 Å². The molecule has 1 saturated heterocycles. The van der Waals surface area contributed by atoms with Crippen LogP contribution in [0.1, 0.15) is 26.7 Å². The van der Waals surface area contributed by atoms with Crippen molar-refractivity contribution in [2.75, 3.05) is 11.9 Å². The summed E-state index contributed by atoms with van der Waals surface area (Å²) in [5.41, 5.74) is 0.961. The molecule has 0 aliphatic carbocycles. The monoisotopic (exact) mass is 246 g/mol. The fourth-order valence-corrected chi connectivity index (χ4v) is 2.52. The van der Waals surface area contributed by atoms with Gasteiger partial charge in [0.15, 0.2) is 5.82 Å². The first-order valence-electron chi connectivity index (χ1n) is 6.33. The van der Waals surface area contributed by atoms with Crippen LogP contribution >= 0.6 is 0 Å². The highest BCUT2D eigenvalue weighted by molar-refractivity contribution is 5.67. The molecule has 1 unspecified atom stereocenters. The second kappa shape index (κ2) is 4.24. The second-order valence-electron chi connectivity index (χ2n) is 5.38. The molecular formula is C13H18N4O. The Kier molecular flexibility index (Phi) is 2.70. The first-order valence-corrected chi connectivity index (χ1v) is 6.33. The molecule has 0 bridgehead atoms. The maximum absolute atomic E-state index is 5.73. The van der Waals surface area contributed by atoms with Gasteiger partial charge in [0, 0.05) is 25.0 Å². The number of nitrogens with one attached hydrogen (secondary N) is 1. The summed E-state index contributed by atoms with van der Waals surface area (Å²) in [7, 11) is 0. The van der Waals surface area contributed by atoms with Crippen LogP contribution in [0.15, 0.2) is 24.7 Å². The van der Waals surface area contributed by atoms with Crippen LogP contribution in [0.3, 0.4) is 0 Å². The van der Waals surface area contributed by atoms with Crippen LogP contribution in [0, 0.1) is 0 Å². The van der Waals surface area contributed by atoms with Crippen molar-refractivity contribution in [3.05, 3.63) is 24.7 Å². The maximum Gasteiger partial charge on any atom is 0.152 e. The van der Waals surface area contributed by atoms with E-state index in [0.29, 0.717) is 6.04 Å². The van der Waals surface area contributed by atoms with Crippen LogP contribution in [-0.4, -0.2) is 32.8 Å². The van der Waals surface area contributed by atoms with Crippen LogP contribution < -0.4 is 5.32 Å². The van der Waals surface area contributed by atoms with E-state index in [4.69, 9.17) is 4.74 Å². The van der Waals surface area contributed by atoms with Crippen LogP contribution in [0.25, 0.3) is 5.52 Å². The molecule has 0 amide bonds. The van der Waals surface area contributed by atoms with Crippen LogP contribution in [0.4, 0.5) is 5.82 Å². The highest BCUT2D eigenvalue weighted by Gasteiger charge is 2.29. The molecule has 0 radical (unpaired) electrons. The Hall–Kier alpha value is -1.62. The highest BCUT2D eigenvalue weighted by Crippen LogP contribution is 2.26. The topological polar surface area (TPSA) is 51.5 Å². The first kappa shape index (κ1) is 11.5. The number of fused-ring (bicyclic) bond motifs is 1. The van der Waals surface area contributed by atoms with E-state index in [1.165, 1.54) is 0 Å². The predicted molar refractivity (Wildman–Crippen MR) is 69.7 cm³/mol. The van der Waals surface area contributed by atoms with Crippen molar-refractivity contribution >= 4 is 11.3 Å². The SMILES string of the molecule is CC1(C)CC(Nc2nccn3nccc23)CCO1. The molecule has 5 heteroatoms. The lowest BCUT2D eigenvalue weighted by Gasteiger charge is -2.36. The zero-order valence-electron chi connectivity index (χ0n) is 10.8. The van der Waals surface area contributed by atoms with E-state index in [0.717, 1.165) is 30.8 Å². The third-order valence-electron chi connectivity index (χ3n) is 3.36.